The molecule has 1 aromatic rings. The van der Waals surface area contributed by atoms with E-state index in [0.717, 1.165) is 67.9 Å². The summed E-state index contributed by atoms with van der Waals surface area (Å²) in [6.07, 6.45) is 7.62. The molecule has 6 nitrogen and oxygen atoms in total. The summed E-state index contributed by atoms with van der Waals surface area (Å²) in [7, 11) is 0. The minimum absolute atomic E-state index is 0.00278. The standard InChI is InChI=1S/C25H38N4O2/c1-15-4-6-18(7-5-15)27-23(30)19-11-20(26)21(28-25(8-9-25)24(2,3)31)12-22(19)29-13-16-10-17(16)14-29/h11-12,15-18,28,31H,4-10,13-14,26H2,1-3H3,(H,27,30)/t15-,16?,17?,18-. The minimum Gasteiger partial charge on any atom is -0.397 e. The summed E-state index contributed by atoms with van der Waals surface area (Å²) in [5.41, 5.74) is 8.36. The molecule has 2 atom stereocenters. The highest BCUT2D eigenvalue weighted by Gasteiger charge is 2.54. The molecule has 5 rings (SSSR count). The Morgan fingerprint density at radius 3 is 2.39 bits per heavy atom. The van der Waals surface area contributed by atoms with Crippen LogP contribution in [0.25, 0.3) is 0 Å². The molecule has 5 N–H and O–H groups in total. The third kappa shape index (κ3) is 3.99. The highest BCUT2D eigenvalue weighted by atomic mass is 16.3. The molecule has 0 radical (unpaired) electrons. The fraction of sp³-hybridized carbons (Fsp3) is 0.720. The van der Waals surface area contributed by atoms with Crippen LogP contribution in [-0.4, -0.2) is 41.3 Å². The number of carbonyl (C=O) groups excluding carboxylic acids is 1. The molecule has 1 amide bonds. The summed E-state index contributed by atoms with van der Waals surface area (Å²) in [5.74, 6) is 2.30. The van der Waals surface area contributed by atoms with Crippen LogP contribution in [0.2, 0.25) is 0 Å². The van der Waals surface area contributed by atoms with E-state index in [4.69, 9.17) is 5.73 Å². The number of rotatable bonds is 6. The molecule has 6 heteroatoms. The zero-order valence-corrected chi connectivity index (χ0v) is 19.2. The number of nitrogens with zero attached hydrogens (tertiary/aromatic N) is 1. The molecule has 0 spiro atoms. The first kappa shape index (κ1) is 20.9. The van der Waals surface area contributed by atoms with E-state index < -0.39 is 5.60 Å². The lowest BCUT2D eigenvalue weighted by atomic mass is 9.87. The molecule has 3 saturated carbocycles. The third-order valence-electron chi connectivity index (χ3n) is 8.38. The van der Waals surface area contributed by atoms with E-state index in [0.29, 0.717) is 11.3 Å². The second-order valence-corrected chi connectivity index (χ2v) is 11.3. The molecule has 3 aliphatic carbocycles. The first-order valence-electron chi connectivity index (χ1n) is 12.1. The number of benzene rings is 1. The number of nitrogens with one attached hydrogen (secondary N) is 2. The molecular weight excluding hydrogens is 388 g/mol. The van der Waals surface area contributed by atoms with Crippen LogP contribution >= 0.6 is 0 Å². The largest absolute Gasteiger partial charge is 0.397 e. The van der Waals surface area contributed by atoms with Gasteiger partial charge in [-0.15, -0.1) is 0 Å². The monoisotopic (exact) mass is 426 g/mol. The van der Waals surface area contributed by atoms with Gasteiger partial charge in [0.2, 0.25) is 0 Å². The van der Waals surface area contributed by atoms with E-state index in [9.17, 15) is 9.90 Å². The van der Waals surface area contributed by atoms with E-state index in [1.165, 1.54) is 19.3 Å². The highest BCUT2D eigenvalue weighted by molar-refractivity contribution is 6.02. The third-order valence-corrected chi connectivity index (χ3v) is 8.38. The predicted octanol–water partition coefficient (Wildman–Crippen LogP) is 3.75. The molecule has 31 heavy (non-hydrogen) atoms. The van der Waals surface area contributed by atoms with Gasteiger partial charge in [-0.3, -0.25) is 4.79 Å². The quantitative estimate of drug-likeness (QED) is 0.520. The van der Waals surface area contributed by atoms with Crippen molar-refractivity contribution in [2.75, 3.05) is 29.0 Å². The van der Waals surface area contributed by atoms with Gasteiger partial charge < -0.3 is 26.4 Å². The van der Waals surface area contributed by atoms with Gasteiger partial charge in [0.15, 0.2) is 0 Å². The zero-order valence-electron chi connectivity index (χ0n) is 19.2. The van der Waals surface area contributed by atoms with E-state index in [1.54, 1.807) is 0 Å². The Balaban J connectivity index is 1.41. The summed E-state index contributed by atoms with van der Waals surface area (Å²) in [6.45, 7) is 8.04. The van der Waals surface area contributed by atoms with Crippen LogP contribution in [0.4, 0.5) is 17.1 Å². The molecule has 0 bridgehead atoms. The van der Waals surface area contributed by atoms with Crippen LogP contribution in [0, 0.1) is 17.8 Å². The van der Waals surface area contributed by atoms with Gasteiger partial charge in [-0.05, 0) is 88.7 Å². The van der Waals surface area contributed by atoms with E-state index in [2.05, 4.69) is 28.5 Å². The zero-order chi connectivity index (χ0) is 22.0. The molecule has 0 aromatic heterocycles. The highest BCUT2D eigenvalue weighted by Crippen LogP contribution is 2.50. The lowest BCUT2D eigenvalue weighted by Crippen LogP contribution is -2.44. The fourth-order valence-electron chi connectivity index (χ4n) is 5.69. The lowest BCUT2D eigenvalue weighted by molar-refractivity contribution is 0.0495. The summed E-state index contributed by atoms with van der Waals surface area (Å²) >= 11 is 0. The van der Waals surface area contributed by atoms with Gasteiger partial charge in [-0.2, -0.15) is 0 Å². The number of anilines is 3. The van der Waals surface area contributed by atoms with Crippen molar-refractivity contribution >= 4 is 23.0 Å². The van der Waals surface area contributed by atoms with Crippen LogP contribution in [0.15, 0.2) is 12.1 Å². The summed E-state index contributed by atoms with van der Waals surface area (Å²) in [6, 6.07) is 4.17. The van der Waals surface area contributed by atoms with Gasteiger partial charge in [0.25, 0.3) is 5.91 Å². The predicted molar refractivity (Wildman–Crippen MR) is 125 cm³/mol. The lowest BCUT2D eigenvalue weighted by Gasteiger charge is -2.33. The van der Waals surface area contributed by atoms with Gasteiger partial charge in [0, 0.05) is 19.1 Å². The van der Waals surface area contributed by atoms with Crippen molar-refractivity contribution in [1.29, 1.82) is 0 Å². The summed E-state index contributed by atoms with van der Waals surface area (Å²) < 4.78 is 0. The maximum atomic E-state index is 13.3. The molecular formula is C25H38N4O2. The Labute approximate surface area is 185 Å². The second-order valence-electron chi connectivity index (χ2n) is 11.3. The average Bonchev–Trinajstić information content (AvgIpc) is 3.62. The van der Waals surface area contributed by atoms with E-state index in [-0.39, 0.29) is 17.5 Å². The van der Waals surface area contributed by atoms with Gasteiger partial charge in [-0.25, -0.2) is 0 Å². The number of aliphatic hydroxyl groups is 1. The minimum atomic E-state index is -0.830. The fourth-order valence-corrected chi connectivity index (χ4v) is 5.69. The van der Waals surface area contributed by atoms with Crippen molar-refractivity contribution in [3.05, 3.63) is 17.7 Å². The second kappa shape index (κ2) is 7.29. The van der Waals surface area contributed by atoms with Gasteiger partial charge in [-0.1, -0.05) is 6.92 Å². The number of nitrogens with two attached hydrogens (primary N) is 1. The van der Waals surface area contributed by atoms with Crippen LogP contribution in [0.5, 0.6) is 0 Å². The van der Waals surface area contributed by atoms with Gasteiger partial charge in [0.1, 0.15) is 0 Å². The van der Waals surface area contributed by atoms with Crippen LogP contribution in [0.3, 0.4) is 0 Å². The Bertz CT molecular complexity index is 855. The van der Waals surface area contributed by atoms with Crippen molar-refractivity contribution in [2.24, 2.45) is 17.8 Å². The topological polar surface area (TPSA) is 90.6 Å². The number of amides is 1. The smallest absolute Gasteiger partial charge is 0.253 e. The molecule has 4 fully saturated rings. The van der Waals surface area contributed by atoms with Crippen molar-refractivity contribution in [3.8, 4) is 0 Å². The molecule has 170 valence electrons. The van der Waals surface area contributed by atoms with Crippen molar-refractivity contribution in [3.63, 3.8) is 0 Å². The molecule has 1 saturated heterocycles. The number of carbonyl (C=O) groups is 1. The number of nitrogen functional groups attached to an aromatic ring is 1. The number of piperidine rings is 1. The normalized spacial score (nSPS) is 31.2. The number of hydrogen-bond donors (Lipinski definition) is 4. The van der Waals surface area contributed by atoms with Gasteiger partial charge in [0.05, 0.1) is 33.8 Å². The van der Waals surface area contributed by atoms with Crippen LogP contribution < -0.4 is 21.3 Å². The van der Waals surface area contributed by atoms with Crippen LogP contribution in [0.1, 0.15) is 76.1 Å². The maximum absolute atomic E-state index is 13.3. The molecule has 1 aromatic carbocycles. The van der Waals surface area contributed by atoms with Gasteiger partial charge >= 0.3 is 0 Å². The van der Waals surface area contributed by atoms with Crippen LogP contribution in [-0.2, 0) is 0 Å². The average molecular weight is 427 g/mol. The Kier molecular flexibility index (Phi) is 4.92. The van der Waals surface area contributed by atoms with Crippen molar-refractivity contribution in [1.82, 2.24) is 5.32 Å². The molecule has 1 heterocycles. The van der Waals surface area contributed by atoms with E-state index >= 15 is 0 Å². The number of fused-ring (bicyclic) bond motifs is 1. The Morgan fingerprint density at radius 1 is 1.16 bits per heavy atom. The molecule has 2 unspecified atom stereocenters. The summed E-state index contributed by atoms with van der Waals surface area (Å²) in [4.78, 5) is 15.7. The van der Waals surface area contributed by atoms with E-state index in [1.807, 2.05) is 19.9 Å². The van der Waals surface area contributed by atoms with Crippen molar-refractivity contribution < 1.29 is 9.90 Å². The molecule has 4 aliphatic rings. The summed E-state index contributed by atoms with van der Waals surface area (Å²) in [5, 5.41) is 17.5. The SMILES string of the molecule is CC(C)(O)C1(Nc2cc(N3CC4CC4C3)c(C(=O)N[C@H]3CC[C@H](C)CC3)cc2N)CC1. The first-order chi connectivity index (χ1) is 14.6. The maximum Gasteiger partial charge on any atom is 0.253 e. The Morgan fingerprint density at radius 2 is 1.81 bits per heavy atom. The van der Waals surface area contributed by atoms with Crippen molar-refractivity contribution in [2.45, 2.75) is 82.9 Å². The molecule has 1 aliphatic heterocycles. The Hall–Kier alpha value is -1.95. The number of hydrogen-bond acceptors (Lipinski definition) is 5. The first-order valence-corrected chi connectivity index (χ1v) is 12.1.